The van der Waals surface area contributed by atoms with Crippen molar-refractivity contribution < 1.29 is 9.53 Å². The molecule has 0 amide bonds. The molecular formula is C18H18O2. The molecule has 2 heteroatoms. The molecule has 2 unspecified atom stereocenters. The van der Waals surface area contributed by atoms with E-state index >= 15 is 0 Å². The van der Waals surface area contributed by atoms with Gasteiger partial charge < -0.3 is 4.74 Å². The fourth-order valence-electron chi connectivity index (χ4n) is 2.40. The molecule has 0 aliphatic carbocycles. The molecule has 1 fully saturated rings. The van der Waals surface area contributed by atoms with Gasteiger partial charge in [-0.15, -0.1) is 0 Å². The Labute approximate surface area is 119 Å². The number of carbonyl (C=O) groups excluding carboxylic acids is 1. The van der Waals surface area contributed by atoms with Gasteiger partial charge in [-0.3, -0.25) is 4.79 Å². The Bertz CT molecular complexity index is 610. The first-order valence-corrected chi connectivity index (χ1v) is 6.94. The molecule has 0 radical (unpaired) electrons. The van der Waals surface area contributed by atoms with E-state index in [9.17, 15) is 4.79 Å². The fourth-order valence-corrected chi connectivity index (χ4v) is 2.40. The lowest BCUT2D eigenvalue weighted by atomic mass is 9.88. The van der Waals surface area contributed by atoms with Crippen molar-refractivity contribution in [2.24, 2.45) is 0 Å². The van der Waals surface area contributed by atoms with Gasteiger partial charge in [0.15, 0.2) is 5.78 Å². The number of rotatable bonds is 4. The van der Waals surface area contributed by atoms with Crippen LogP contribution in [0.5, 0.6) is 0 Å². The predicted molar refractivity (Wildman–Crippen MR) is 79.1 cm³/mol. The van der Waals surface area contributed by atoms with Crippen LogP contribution in [0, 0.1) is 0 Å². The molecule has 2 atom stereocenters. The lowest BCUT2D eigenvalue weighted by Gasteiger charge is -2.16. The van der Waals surface area contributed by atoms with Crippen LogP contribution in [0.15, 0.2) is 54.6 Å². The molecule has 102 valence electrons. The Balaban J connectivity index is 1.81. The molecule has 1 aliphatic heterocycles. The molecule has 1 saturated heterocycles. The van der Waals surface area contributed by atoms with Gasteiger partial charge in [0.25, 0.3) is 0 Å². The third kappa shape index (κ3) is 2.39. The van der Waals surface area contributed by atoms with Crippen molar-refractivity contribution in [2.45, 2.75) is 25.4 Å². The summed E-state index contributed by atoms with van der Waals surface area (Å²) in [6.45, 7) is 5.11. The second-order valence-corrected chi connectivity index (χ2v) is 5.64. The zero-order valence-corrected chi connectivity index (χ0v) is 11.8. The van der Waals surface area contributed by atoms with Crippen LogP contribution in [0.3, 0.4) is 0 Å². The number of ether oxygens (including phenoxy) is 1. The Kier molecular flexibility index (Phi) is 3.19. The van der Waals surface area contributed by atoms with Gasteiger partial charge >= 0.3 is 0 Å². The SMILES string of the molecule is CC(c1ccc(C(=O)c2ccccc2)cc1)C1(C)CO1. The quantitative estimate of drug-likeness (QED) is 0.622. The summed E-state index contributed by atoms with van der Waals surface area (Å²) in [4.78, 5) is 12.3. The molecule has 2 aromatic rings. The van der Waals surface area contributed by atoms with E-state index in [-0.39, 0.29) is 11.4 Å². The fraction of sp³-hybridized carbons (Fsp3) is 0.278. The van der Waals surface area contributed by atoms with Crippen molar-refractivity contribution in [1.29, 1.82) is 0 Å². The average Bonchev–Trinajstić information content (AvgIpc) is 3.26. The van der Waals surface area contributed by atoms with E-state index in [4.69, 9.17) is 4.74 Å². The van der Waals surface area contributed by atoms with Crippen LogP contribution in [-0.2, 0) is 4.74 Å². The first-order chi connectivity index (χ1) is 9.60. The highest BCUT2D eigenvalue weighted by Crippen LogP contribution is 2.40. The smallest absolute Gasteiger partial charge is 0.193 e. The minimum absolute atomic E-state index is 0.0229. The summed E-state index contributed by atoms with van der Waals surface area (Å²) < 4.78 is 5.49. The van der Waals surface area contributed by atoms with Crippen molar-refractivity contribution >= 4 is 5.78 Å². The van der Waals surface area contributed by atoms with Crippen LogP contribution >= 0.6 is 0 Å². The van der Waals surface area contributed by atoms with Gasteiger partial charge in [0.2, 0.25) is 0 Å². The molecule has 0 saturated carbocycles. The number of hydrogen-bond donors (Lipinski definition) is 0. The van der Waals surface area contributed by atoms with Crippen molar-refractivity contribution in [3.63, 3.8) is 0 Å². The molecule has 0 aromatic heterocycles. The van der Waals surface area contributed by atoms with Crippen molar-refractivity contribution in [1.82, 2.24) is 0 Å². The van der Waals surface area contributed by atoms with E-state index in [0.29, 0.717) is 5.92 Å². The zero-order valence-electron chi connectivity index (χ0n) is 11.8. The highest BCUT2D eigenvalue weighted by molar-refractivity contribution is 6.08. The Morgan fingerprint density at radius 2 is 1.60 bits per heavy atom. The summed E-state index contributed by atoms with van der Waals surface area (Å²) in [5, 5.41) is 0. The Morgan fingerprint density at radius 3 is 2.15 bits per heavy atom. The van der Waals surface area contributed by atoms with Gasteiger partial charge in [-0.05, 0) is 12.5 Å². The zero-order chi connectivity index (χ0) is 14.2. The number of epoxide rings is 1. The third-order valence-corrected chi connectivity index (χ3v) is 4.22. The predicted octanol–water partition coefficient (Wildman–Crippen LogP) is 3.81. The van der Waals surface area contributed by atoms with Gasteiger partial charge in [-0.25, -0.2) is 0 Å². The van der Waals surface area contributed by atoms with Crippen LogP contribution in [0.2, 0.25) is 0 Å². The minimum atomic E-state index is -0.0229. The molecular weight excluding hydrogens is 248 g/mol. The third-order valence-electron chi connectivity index (χ3n) is 4.22. The van der Waals surface area contributed by atoms with Crippen LogP contribution in [-0.4, -0.2) is 18.0 Å². The Hall–Kier alpha value is -1.93. The summed E-state index contributed by atoms with van der Waals surface area (Å²) in [5.74, 6) is 0.419. The normalized spacial score (nSPS) is 22.3. The first kappa shape index (κ1) is 13.1. The van der Waals surface area contributed by atoms with E-state index < -0.39 is 0 Å². The van der Waals surface area contributed by atoms with Gasteiger partial charge in [-0.1, -0.05) is 61.5 Å². The highest BCUT2D eigenvalue weighted by Gasteiger charge is 2.45. The van der Waals surface area contributed by atoms with Crippen molar-refractivity contribution in [2.75, 3.05) is 6.61 Å². The first-order valence-electron chi connectivity index (χ1n) is 6.94. The standard InChI is InChI=1S/C18H18O2/c1-13(18(2)12-20-18)14-8-10-16(11-9-14)17(19)15-6-4-3-5-7-15/h3-11,13H,12H2,1-2H3. The summed E-state index contributed by atoms with van der Waals surface area (Å²) in [5.41, 5.74) is 2.65. The lowest BCUT2D eigenvalue weighted by Crippen LogP contribution is -2.15. The Morgan fingerprint density at radius 1 is 1.05 bits per heavy atom. The number of carbonyl (C=O) groups is 1. The largest absolute Gasteiger partial charge is 0.369 e. The molecule has 20 heavy (non-hydrogen) atoms. The molecule has 1 heterocycles. The van der Waals surface area contributed by atoms with Crippen molar-refractivity contribution in [3.8, 4) is 0 Å². The van der Waals surface area contributed by atoms with Crippen LogP contribution in [0.4, 0.5) is 0 Å². The number of hydrogen-bond acceptors (Lipinski definition) is 2. The maximum Gasteiger partial charge on any atom is 0.193 e. The molecule has 3 rings (SSSR count). The van der Waals surface area contributed by atoms with E-state index in [1.807, 2.05) is 54.6 Å². The second kappa shape index (κ2) is 4.88. The van der Waals surface area contributed by atoms with Gasteiger partial charge in [0, 0.05) is 17.0 Å². The van der Waals surface area contributed by atoms with E-state index in [2.05, 4.69) is 13.8 Å². The van der Waals surface area contributed by atoms with E-state index in [1.165, 1.54) is 5.56 Å². The van der Waals surface area contributed by atoms with Crippen molar-refractivity contribution in [3.05, 3.63) is 71.3 Å². The van der Waals surface area contributed by atoms with Gasteiger partial charge in [-0.2, -0.15) is 0 Å². The molecule has 0 spiro atoms. The summed E-state index contributed by atoms with van der Waals surface area (Å²) in [6, 6.07) is 17.3. The maximum absolute atomic E-state index is 12.3. The lowest BCUT2D eigenvalue weighted by molar-refractivity contribution is 0.103. The topological polar surface area (TPSA) is 29.6 Å². The van der Waals surface area contributed by atoms with Crippen LogP contribution < -0.4 is 0 Å². The highest BCUT2D eigenvalue weighted by atomic mass is 16.6. The van der Waals surface area contributed by atoms with Crippen LogP contribution in [0.25, 0.3) is 0 Å². The number of benzene rings is 2. The molecule has 2 nitrogen and oxygen atoms in total. The van der Waals surface area contributed by atoms with Gasteiger partial charge in [0.05, 0.1) is 12.2 Å². The molecule has 1 aliphatic rings. The minimum Gasteiger partial charge on any atom is -0.369 e. The summed E-state index contributed by atoms with van der Waals surface area (Å²) >= 11 is 0. The monoisotopic (exact) mass is 266 g/mol. The number of ketones is 1. The molecule has 0 bridgehead atoms. The van der Waals surface area contributed by atoms with E-state index in [1.54, 1.807) is 0 Å². The maximum atomic E-state index is 12.3. The second-order valence-electron chi connectivity index (χ2n) is 5.64. The van der Waals surface area contributed by atoms with Gasteiger partial charge in [0.1, 0.15) is 0 Å². The molecule has 2 aromatic carbocycles. The average molecular weight is 266 g/mol. The van der Waals surface area contributed by atoms with Crippen LogP contribution in [0.1, 0.15) is 41.3 Å². The van der Waals surface area contributed by atoms with E-state index in [0.717, 1.165) is 17.7 Å². The summed E-state index contributed by atoms with van der Waals surface area (Å²) in [6.07, 6.45) is 0. The summed E-state index contributed by atoms with van der Waals surface area (Å²) in [7, 11) is 0. The molecule has 0 N–H and O–H groups in total.